The molecule has 2 N–H and O–H groups in total. The summed E-state index contributed by atoms with van der Waals surface area (Å²) in [5.41, 5.74) is 7.58. The Morgan fingerprint density at radius 3 is 2.29 bits per heavy atom. The van der Waals surface area contributed by atoms with Gasteiger partial charge in [-0.2, -0.15) is 13.2 Å². The average Bonchev–Trinajstić information content (AvgIpc) is 2.24. The van der Waals surface area contributed by atoms with Crippen molar-refractivity contribution >= 4 is 0 Å². The van der Waals surface area contributed by atoms with Gasteiger partial charge in [-0.15, -0.1) is 0 Å². The van der Waals surface area contributed by atoms with E-state index in [0.29, 0.717) is 19.5 Å². The van der Waals surface area contributed by atoms with E-state index in [2.05, 4.69) is 0 Å². The summed E-state index contributed by atoms with van der Waals surface area (Å²) in [6, 6.07) is 7.56. The number of hydrogen-bond acceptors (Lipinski definition) is 2. The molecule has 0 saturated heterocycles. The Bertz CT molecular complexity index is 350. The molecule has 0 aliphatic carbocycles. The minimum Gasteiger partial charge on any atom is -0.326 e. The van der Waals surface area contributed by atoms with E-state index < -0.39 is 12.7 Å². The number of benzene rings is 1. The van der Waals surface area contributed by atoms with Gasteiger partial charge in [0.05, 0.1) is 6.54 Å². The average molecular weight is 246 g/mol. The first kappa shape index (κ1) is 14.0. The number of rotatable bonds is 5. The van der Waals surface area contributed by atoms with E-state index >= 15 is 0 Å². The fourth-order valence-corrected chi connectivity index (χ4v) is 1.70. The fraction of sp³-hybridized carbons (Fsp3) is 0.500. The molecule has 0 aliphatic heterocycles. The lowest BCUT2D eigenvalue weighted by atomic mass is 10.0. The van der Waals surface area contributed by atoms with Gasteiger partial charge in [-0.3, -0.25) is 4.90 Å². The molecule has 1 aromatic rings. The maximum atomic E-state index is 12.1. The molecule has 0 unspecified atom stereocenters. The molecule has 0 aromatic heterocycles. The van der Waals surface area contributed by atoms with E-state index in [1.807, 2.05) is 24.3 Å². The smallest absolute Gasteiger partial charge is 0.326 e. The Labute approximate surface area is 99.2 Å². The van der Waals surface area contributed by atoms with Crippen molar-refractivity contribution in [3.05, 3.63) is 35.4 Å². The normalized spacial score (nSPS) is 12.1. The monoisotopic (exact) mass is 246 g/mol. The number of hydrogen-bond donors (Lipinski definition) is 1. The summed E-state index contributed by atoms with van der Waals surface area (Å²) >= 11 is 0. The van der Waals surface area contributed by atoms with Crippen molar-refractivity contribution in [3.63, 3.8) is 0 Å². The minimum atomic E-state index is -4.14. The van der Waals surface area contributed by atoms with Gasteiger partial charge in [-0.05, 0) is 24.6 Å². The highest BCUT2D eigenvalue weighted by Crippen LogP contribution is 2.16. The second-order valence-electron chi connectivity index (χ2n) is 4.08. The summed E-state index contributed by atoms with van der Waals surface area (Å²) in [4.78, 5) is 1.27. The molecule has 0 spiro atoms. The van der Waals surface area contributed by atoms with Gasteiger partial charge in [-0.1, -0.05) is 24.3 Å². The zero-order chi connectivity index (χ0) is 12.9. The molecule has 5 heteroatoms. The third kappa shape index (κ3) is 5.19. The molecule has 0 aliphatic rings. The van der Waals surface area contributed by atoms with Crippen LogP contribution >= 0.6 is 0 Å². The third-order valence-corrected chi connectivity index (χ3v) is 2.55. The second kappa shape index (κ2) is 6.02. The summed E-state index contributed by atoms with van der Waals surface area (Å²) in [6.45, 7) is -0.0898. The second-order valence-corrected chi connectivity index (χ2v) is 4.08. The molecule has 0 heterocycles. The van der Waals surface area contributed by atoms with Crippen LogP contribution in [0.15, 0.2) is 24.3 Å². The van der Waals surface area contributed by atoms with Crippen molar-refractivity contribution in [1.29, 1.82) is 0 Å². The highest BCUT2D eigenvalue weighted by Gasteiger charge is 2.28. The lowest BCUT2D eigenvalue weighted by Gasteiger charge is -2.19. The van der Waals surface area contributed by atoms with Crippen LogP contribution in [0, 0.1) is 0 Å². The maximum absolute atomic E-state index is 12.1. The lowest BCUT2D eigenvalue weighted by Crippen LogP contribution is -2.32. The summed E-state index contributed by atoms with van der Waals surface area (Å²) in [6.07, 6.45) is -3.55. The number of nitrogens with zero attached hydrogens (tertiary/aromatic N) is 1. The number of nitrogens with two attached hydrogens (primary N) is 1. The molecule has 2 nitrogen and oxygen atoms in total. The van der Waals surface area contributed by atoms with E-state index in [9.17, 15) is 13.2 Å². The summed E-state index contributed by atoms with van der Waals surface area (Å²) in [5, 5.41) is 0. The fourth-order valence-electron chi connectivity index (χ4n) is 1.70. The molecular weight excluding hydrogens is 229 g/mol. The van der Waals surface area contributed by atoms with E-state index in [0.717, 1.165) is 11.1 Å². The Balaban J connectivity index is 2.50. The molecule has 0 saturated carbocycles. The number of halogens is 3. The quantitative estimate of drug-likeness (QED) is 0.862. The van der Waals surface area contributed by atoms with Gasteiger partial charge < -0.3 is 5.73 Å². The van der Waals surface area contributed by atoms with E-state index in [4.69, 9.17) is 5.73 Å². The van der Waals surface area contributed by atoms with Crippen LogP contribution in [0.4, 0.5) is 13.2 Å². The molecule has 96 valence electrons. The lowest BCUT2D eigenvalue weighted by molar-refractivity contribution is -0.142. The number of alkyl halides is 3. The van der Waals surface area contributed by atoms with Crippen molar-refractivity contribution in [2.75, 3.05) is 20.1 Å². The first-order chi connectivity index (χ1) is 7.92. The summed E-state index contributed by atoms with van der Waals surface area (Å²) in [7, 11) is 1.47. The van der Waals surface area contributed by atoms with Crippen LogP contribution in [0.25, 0.3) is 0 Å². The first-order valence-corrected chi connectivity index (χ1v) is 5.44. The number of likely N-dealkylation sites (N-methyl/N-ethyl adjacent to an activating group) is 1. The van der Waals surface area contributed by atoms with Gasteiger partial charge in [0, 0.05) is 13.1 Å². The van der Waals surface area contributed by atoms with Gasteiger partial charge >= 0.3 is 6.18 Å². The first-order valence-electron chi connectivity index (χ1n) is 5.44. The van der Waals surface area contributed by atoms with Gasteiger partial charge in [0.15, 0.2) is 0 Å². The highest BCUT2D eigenvalue weighted by molar-refractivity contribution is 5.27. The van der Waals surface area contributed by atoms with Crippen molar-refractivity contribution < 1.29 is 13.2 Å². The molecule has 0 bridgehead atoms. The molecule has 0 atom stereocenters. The van der Waals surface area contributed by atoms with Crippen molar-refractivity contribution in [2.45, 2.75) is 19.1 Å². The molecule has 17 heavy (non-hydrogen) atoms. The molecule has 0 fully saturated rings. The van der Waals surface area contributed by atoms with Crippen molar-refractivity contribution in [3.8, 4) is 0 Å². The van der Waals surface area contributed by atoms with Gasteiger partial charge in [0.25, 0.3) is 0 Å². The Morgan fingerprint density at radius 1 is 1.18 bits per heavy atom. The Hall–Kier alpha value is -1.07. The van der Waals surface area contributed by atoms with Crippen LogP contribution in [0.1, 0.15) is 11.1 Å². The zero-order valence-corrected chi connectivity index (χ0v) is 9.80. The topological polar surface area (TPSA) is 29.3 Å². The summed E-state index contributed by atoms with van der Waals surface area (Å²) in [5.74, 6) is 0. The van der Waals surface area contributed by atoms with E-state index in [-0.39, 0.29) is 0 Å². The maximum Gasteiger partial charge on any atom is 0.401 e. The largest absolute Gasteiger partial charge is 0.401 e. The van der Waals surface area contributed by atoms with Crippen LogP contribution in [-0.2, 0) is 13.0 Å². The van der Waals surface area contributed by atoms with Gasteiger partial charge in [-0.25, -0.2) is 0 Å². The van der Waals surface area contributed by atoms with E-state index in [1.54, 1.807) is 0 Å². The molecule has 1 aromatic carbocycles. The SMILES string of the molecule is CN(CCc1ccccc1CN)CC(F)(F)F. The molecule has 1 rings (SSSR count). The third-order valence-electron chi connectivity index (χ3n) is 2.55. The molecule has 0 amide bonds. The van der Waals surface area contributed by atoms with Crippen molar-refractivity contribution in [1.82, 2.24) is 4.90 Å². The molecular formula is C12H17F3N2. The van der Waals surface area contributed by atoms with Crippen LogP contribution in [0.3, 0.4) is 0 Å². The predicted molar refractivity (Wildman–Crippen MR) is 61.6 cm³/mol. The van der Waals surface area contributed by atoms with E-state index in [1.165, 1.54) is 11.9 Å². The van der Waals surface area contributed by atoms with Crippen LogP contribution < -0.4 is 5.73 Å². The molecule has 0 radical (unpaired) electrons. The Kier molecular flexibility index (Phi) is 4.96. The minimum absolute atomic E-state index is 0.372. The van der Waals surface area contributed by atoms with Crippen molar-refractivity contribution in [2.24, 2.45) is 5.73 Å². The van der Waals surface area contributed by atoms with Gasteiger partial charge in [0.1, 0.15) is 0 Å². The Morgan fingerprint density at radius 2 is 1.76 bits per heavy atom. The summed E-state index contributed by atoms with van der Waals surface area (Å²) < 4.78 is 36.3. The van der Waals surface area contributed by atoms with Crippen LogP contribution in [-0.4, -0.2) is 31.2 Å². The standard InChI is InChI=1S/C12H17F3N2/c1-17(9-12(13,14)15)7-6-10-4-2-3-5-11(10)8-16/h2-5H,6-9,16H2,1H3. The zero-order valence-electron chi connectivity index (χ0n) is 9.80. The van der Waals surface area contributed by atoms with Crippen LogP contribution in [0.2, 0.25) is 0 Å². The van der Waals surface area contributed by atoms with Gasteiger partial charge in [0.2, 0.25) is 0 Å². The predicted octanol–water partition coefficient (Wildman–Crippen LogP) is 2.18. The highest BCUT2D eigenvalue weighted by atomic mass is 19.4. The van der Waals surface area contributed by atoms with Crippen LogP contribution in [0.5, 0.6) is 0 Å².